The number of rotatable bonds is 1. The second kappa shape index (κ2) is 1.61. The van der Waals surface area contributed by atoms with Gasteiger partial charge >= 0.3 is 5.97 Å². The number of ether oxygens (including phenoxy) is 1. The molecule has 7 aliphatic carbocycles. The molecule has 0 amide bonds. The van der Waals surface area contributed by atoms with Gasteiger partial charge in [0.05, 0.1) is 7.11 Å². The van der Waals surface area contributed by atoms with E-state index in [-0.39, 0.29) is 5.97 Å². The molecule has 82 valence electrons. The minimum atomic E-state index is -0.0383. The molecule has 2 nitrogen and oxygen atoms in total. The largest absolute Gasteiger partial charge is 0.466 e. The smallest absolute Gasteiger partial charge is 0.333 e. The summed E-state index contributed by atoms with van der Waals surface area (Å²) in [7, 11) is 1.52. The summed E-state index contributed by atoms with van der Waals surface area (Å²) in [5, 5.41) is 0. The van der Waals surface area contributed by atoms with Crippen molar-refractivity contribution in [1.29, 1.82) is 0 Å². The predicted octanol–water partition coefficient (Wildman–Crippen LogP) is 1.62. The van der Waals surface area contributed by atoms with Gasteiger partial charge in [-0.2, -0.15) is 0 Å². The summed E-state index contributed by atoms with van der Waals surface area (Å²) < 4.78 is 4.95. The van der Waals surface area contributed by atoms with Gasteiger partial charge in [-0.1, -0.05) is 6.08 Å². The number of methoxy groups -OCH3 is 1. The number of hydrogen-bond donors (Lipinski definition) is 0. The fraction of sp³-hybridized carbons (Fsp3) is 0.786. The molecule has 16 heavy (non-hydrogen) atoms. The molecule has 7 rings (SSSR count). The highest BCUT2D eigenvalue weighted by Crippen LogP contribution is 3.11. The van der Waals surface area contributed by atoms with Crippen molar-refractivity contribution in [3.63, 3.8) is 0 Å². The SMILES string of the molecule is COC(=O)C1=C[C@H]2C[C@H]1[C@@]13[C@H]4[C@H]5[C@H](C[C@@H]41)[C@@]523. The Bertz CT molecular complexity index is 509. The van der Waals surface area contributed by atoms with E-state index in [1.54, 1.807) is 0 Å². The van der Waals surface area contributed by atoms with Crippen LogP contribution in [0.3, 0.4) is 0 Å². The lowest BCUT2D eigenvalue weighted by Gasteiger charge is -2.39. The van der Waals surface area contributed by atoms with Crippen molar-refractivity contribution in [2.24, 2.45) is 46.3 Å². The highest BCUT2D eigenvalue weighted by molar-refractivity contribution is 5.91. The van der Waals surface area contributed by atoms with E-state index < -0.39 is 0 Å². The van der Waals surface area contributed by atoms with Crippen molar-refractivity contribution >= 4 is 5.97 Å². The molecular weight excluding hydrogens is 200 g/mol. The van der Waals surface area contributed by atoms with Crippen LogP contribution in [0, 0.1) is 46.3 Å². The molecule has 0 aliphatic heterocycles. The van der Waals surface area contributed by atoms with E-state index in [0.29, 0.717) is 11.3 Å². The Morgan fingerprint density at radius 1 is 1.31 bits per heavy atom. The third kappa shape index (κ3) is 0.358. The van der Waals surface area contributed by atoms with Crippen LogP contribution < -0.4 is 0 Å². The van der Waals surface area contributed by atoms with Crippen molar-refractivity contribution in [1.82, 2.24) is 0 Å². The van der Waals surface area contributed by atoms with Gasteiger partial charge in [-0.15, -0.1) is 0 Å². The molecule has 8 atom stereocenters. The van der Waals surface area contributed by atoms with E-state index >= 15 is 0 Å². The second-order valence-electron chi connectivity index (χ2n) is 6.87. The summed E-state index contributed by atoms with van der Waals surface area (Å²) in [5.41, 5.74) is 2.44. The van der Waals surface area contributed by atoms with E-state index in [9.17, 15) is 4.79 Å². The maximum atomic E-state index is 11.8. The normalized spacial score (nSPS) is 72.7. The Morgan fingerprint density at radius 3 is 2.75 bits per heavy atom. The molecule has 0 heterocycles. The van der Waals surface area contributed by atoms with Crippen LogP contribution in [0.15, 0.2) is 11.6 Å². The summed E-state index contributed by atoms with van der Waals surface area (Å²) in [6.45, 7) is 0. The van der Waals surface area contributed by atoms with Crippen molar-refractivity contribution in [2.75, 3.05) is 7.11 Å². The van der Waals surface area contributed by atoms with Gasteiger partial charge in [-0.25, -0.2) is 4.79 Å². The molecule has 0 aromatic carbocycles. The minimum absolute atomic E-state index is 0.0383. The summed E-state index contributed by atoms with van der Waals surface area (Å²) >= 11 is 0. The molecule has 0 aromatic heterocycles. The van der Waals surface area contributed by atoms with Crippen LogP contribution in [0.4, 0.5) is 0 Å². The minimum Gasteiger partial charge on any atom is -0.466 e. The monoisotopic (exact) mass is 214 g/mol. The van der Waals surface area contributed by atoms with Gasteiger partial charge in [0.2, 0.25) is 0 Å². The highest BCUT2D eigenvalue weighted by Gasteiger charge is 3.08. The Morgan fingerprint density at radius 2 is 2.06 bits per heavy atom. The van der Waals surface area contributed by atoms with Crippen LogP contribution >= 0.6 is 0 Å². The third-order valence-electron chi connectivity index (χ3n) is 7.48. The molecule has 7 aliphatic rings. The van der Waals surface area contributed by atoms with Gasteiger partial charge in [0.1, 0.15) is 0 Å². The predicted molar refractivity (Wildman–Crippen MR) is 55.1 cm³/mol. The first-order valence-corrected chi connectivity index (χ1v) is 6.59. The van der Waals surface area contributed by atoms with Crippen LogP contribution in [-0.4, -0.2) is 13.1 Å². The summed E-state index contributed by atoms with van der Waals surface area (Å²) in [6.07, 6.45) is 5.08. The van der Waals surface area contributed by atoms with Gasteiger partial charge < -0.3 is 4.74 Å². The van der Waals surface area contributed by atoms with Gasteiger partial charge in [-0.3, -0.25) is 0 Å². The molecule has 2 heteroatoms. The number of carbonyl (C=O) groups excluding carboxylic acids is 1. The maximum Gasteiger partial charge on any atom is 0.333 e. The third-order valence-corrected chi connectivity index (χ3v) is 7.48. The molecule has 2 spiro atoms. The maximum absolute atomic E-state index is 11.8. The average molecular weight is 214 g/mol. The standard InChI is InChI=1S/C14H14O2/c1-16-12(15)6-2-5-3-7(6)14-9-4-8-10(11(9)14)13(5,8)14/h2,5,7-11H,3-4H2,1H3/t5-,7+,8-,9-,10+,11+,13+,14-/m0/s1. The number of carbonyl (C=O) groups is 1. The van der Waals surface area contributed by atoms with E-state index in [1.807, 2.05) is 0 Å². The first-order chi connectivity index (χ1) is 7.79. The summed E-state index contributed by atoms with van der Waals surface area (Å²) in [4.78, 5) is 11.8. The number of allylic oxidation sites excluding steroid dienone is 1. The Kier molecular flexibility index (Phi) is 0.758. The topological polar surface area (TPSA) is 26.3 Å². The van der Waals surface area contributed by atoms with Crippen LogP contribution in [-0.2, 0) is 9.53 Å². The molecule has 0 unspecified atom stereocenters. The van der Waals surface area contributed by atoms with E-state index in [1.165, 1.54) is 20.0 Å². The van der Waals surface area contributed by atoms with E-state index in [0.717, 1.165) is 40.6 Å². The van der Waals surface area contributed by atoms with Gasteiger partial charge in [0, 0.05) is 5.57 Å². The van der Waals surface area contributed by atoms with Crippen molar-refractivity contribution < 1.29 is 9.53 Å². The van der Waals surface area contributed by atoms with Crippen molar-refractivity contribution in [2.45, 2.75) is 12.8 Å². The number of fused-ring (bicyclic) bond motifs is 2. The lowest BCUT2D eigenvalue weighted by atomic mass is 9.64. The quantitative estimate of drug-likeness (QED) is 0.620. The summed E-state index contributed by atoms with van der Waals surface area (Å²) in [6, 6.07) is 0. The Hall–Kier alpha value is -0.790. The number of esters is 1. The summed E-state index contributed by atoms with van der Waals surface area (Å²) in [5.74, 6) is 5.56. The van der Waals surface area contributed by atoms with Crippen LogP contribution in [0.2, 0.25) is 0 Å². The molecule has 0 N–H and O–H groups in total. The van der Waals surface area contributed by atoms with Gasteiger partial charge in [0.25, 0.3) is 0 Å². The van der Waals surface area contributed by atoms with Crippen LogP contribution in [0.5, 0.6) is 0 Å². The lowest BCUT2D eigenvalue weighted by molar-refractivity contribution is -0.137. The highest BCUT2D eigenvalue weighted by atomic mass is 16.5. The molecule has 0 saturated heterocycles. The Labute approximate surface area is 94.0 Å². The zero-order valence-corrected chi connectivity index (χ0v) is 9.27. The first kappa shape index (κ1) is 7.52. The van der Waals surface area contributed by atoms with E-state index in [4.69, 9.17) is 4.74 Å². The first-order valence-electron chi connectivity index (χ1n) is 6.59. The zero-order chi connectivity index (χ0) is 10.4. The zero-order valence-electron chi connectivity index (χ0n) is 9.27. The van der Waals surface area contributed by atoms with Gasteiger partial charge in [-0.05, 0) is 59.2 Å². The van der Waals surface area contributed by atoms with E-state index in [2.05, 4.69) is 6.08 Å². The fourth-order valence-electron chi connectivity index (χ4n) is 7.73. The Balaban J connectivity index is 1.57. The van der Waals surface area contributed by atoms with Crippen molar-refractivity contribution in [3.8, 4) is 0 Å². The molecule has 4 bridgehead atoms. The van der Waals surface area contributed by atoms with Crippen molar-refractivity contribution in [3.05, 3.63) is 11.6 Å². The van der Waals surface area contributed by atoms with Crippen LogP contribution in [0.1, 0.15) is 12.8 Å². The second-order valence-corrected chi connectivity index (χ2v) is 6.87. The fourth-order valence-corrected chi connectivity index (χ4v) is 7.73. The molecule has 6 saturated carbocycles. The average Bonchev–Trinajstić information content (AvgIpc) is 2.78. The van der Waals surface area contributed by atoms with Gasteiger partial charge in [0.15, 0.2) is 0 Å². The van der Waals surface area contributed by atoms with Crippen LogP contribution in [0.25, 0.3) is 0 Å². The number of hydrogen-bond acceptors (Lipinski definition) is 2. The molecule has 6 fully saturated rings. The molecular formula is C14H14O2. The molecule has 0 aromatic rings. The molecule has 0 radical (unpaired) electrons. The lowest BCUT2D eigenvalue weighted by Crippen LogP contribution is -2.38.